The van der Waals surface area contributed by atoms with Crippen LogP contribution in [0.4, 0.5) is 10.1 Å². The summed E-state index contributed by atoms with van der Waals surface area (Å²) in [5.41, 5.74) is 1.05. The van der Waals surface area contributed by atoms with Crippen LogP contribution < -0.4 is 10.9 Å². The topological polar surface area (TPSA) is 92.2 Å². The van der Waals surface area contributed by atoms with Crippen molar-refractivity contribution in [3.05, 3.63) is 52.2 Å². The zero-order chi connectivity index (χ0) is 17.1. The van der Waals surface area contributed by atoms with Gasteiger partial charge >= 0.3 is 0 Å². The average Bonchev–Trinajstić information content (AvgIpc) is 2.97. The fraction of sp³-hybridized carbons (Fsp3) is 0.200. The fourth-order valence-corrected chi connectivity index (χ4v) is 2.95. The molecule has 7 nitrogen and oxygen atoms in total. The first-order chi connectivity index (χ1) is 11.6. The summed E-state index contributed by atoms with van der Waals surface area (Å²) in [4.78, 5) is 26.1. The van der Waals surface area contributed by atoms with E-state index in [0.717, 1.165) is 5.69 Å². The molecule has 24 heavy (non-hydrogen) atoms. The van der Waals surface area contributed by atoms with Crippen LogP contribution in [0, 0.1) is 5.82 Å². The number of carbonyl (C=O) groups excluding carboxylic acids is 1. The number of aryl methyl sites for hydroxylation is 1. The molecule has 0 saturated heterocycles. The number of halogens is 1. The van der Waals surface area contributed by atoms with E-state index in [1.165, 1.54) is 42.1 Å². The smallest absolute Gasteiger partial charge is 0.252 e. The lowest BCUT2D eigenvalue weighted by molar-refractivity contribution is -0.113. The van der Waals surface area contributed by atoms with E-state index in [1.54, 1.807) is 4.40 Å². The summed E-state index contributed by atoms with van der Waals surface area (Å²) in [6.07, 6.45) is 0.633. The van der Waals surface area contributed by atoms with Crippen LogP contribution in [0.3, 0.4) is 0 Å². The number of aromatic amines is 1. The molecular weight excluding hydrogens is 333 g/mol. The van der Waals surface area contributed by atoms with Gasteiger partial charge in [0.1, 0.15) is 5.82 Å². The molecule has 0 atom stereocenters. The summed E-state index contributed by atoms with van der Waals surface area (Å²) < 4.78 is 14.6. The van der Waals surface area contributed by atoms with Gasteiger partial charge in [-0.05, 0) is 30.7 Å². The number of rotatable bonds is 5. The molecule has 2 N–H and O–H groups in total. The predicted molar refractivity (Wildman–Crippen MR) is 88.7 cm³/mol. The van der Waals surface area contributed by atoms with Gasteiger partial charge in [-0.1, -0.05) is 18.7 Å². The second-order valence-electron chi connectivity index (χ2n) is 4.96. The first-order valence-electron chi connectivity index (χ1n) is 7.22. The molecule has 0 fully saturated rings. The van der Waals surface area contributed by atoms with Gasteiger partial charge in [0.15, 0.2) is 5.16 Å². The summed E-state index contributed by atoms with van der Waals surface area (Å²) in [5, 5.41) is 11.1. The highest BCUT2D eigenvalue weighted by molar-refractivity contribution is 7.99. The number of benzene rings is 1. The Morgan fingerprint density at radius 1 is 1.33 bits per heavy atom. The number of hydrogen-bond acceptors (Lipinski definition) is 5. The maximum atomic E-state index is 12.8. The van der Waals surface area contributed by atoms with Gasteiger partial charge in [-0.25, -0.2) is 4.39 Å². The van der Waals surface area contributed by atoms with Crippen molar-refractivity contribution in [3.63, 3.8) is 0 Å². The van der Waals surface area contributed by atoms with Crippen molar-refractivity contribution in [2.45, 2.75) is 18.5 Å². The van der Waals surface area contributed by atoms with Crippen LogP contribution in [0.5, 0.6) is 0 Å². The third kappa shape index (κ3) is 3.46. The highest BCUT2D eigenvalue weighted by Crippen LogP contribution is 2.18. The standard InChI is InChI=1S/C15H14FN5O2S/c1-2-11-7-12(22)18-14-19-20-15(21(11)14)24-8-13(23)17-10-5-3-9(16)4-6-10/h3-7H,2,8H2,1H3,(H,17,23)(H,18,19,22). The van der Waals surface area contributed by atoms with Gasteiger partial charge in [0, 0.05) is 17.4 Å². The Balaban J connectivity index is 1.72. The summed E-state index contributed by atoms with van der Waals surface area (Å²) in [7, 11) is 0. The molecule has 1 amide bonds. The zero-order valence-corrected chi connectivity index (χ0v) is 13.6. The van der Waals surface area contributed by atoms with Crippen LogP contribution in [0.2, 0.25) is 0 Å². The van der Waals surface area contributed by atoms with Gasteiger partial charge in [-0.2, -0.15) is 0 Å². The Morgan fingerprint density at radius 3 is 2.79 bits per heavy atom. The van der Waals surface area contributed by atoms with Crippen LogP contribution in [-0.4, -0.2) is 31.2 Å². The molecule has 0 spiro atoms. The summed E-state index contributed by atoms with van der Waals surface area (Å²) in [5.74, 6) is -0.148. The second kappa shape index (κ2) is 6.83. The molecule has 124 valence electrons. The number of nitrogens with zero attached hydrogens (tertiary/aromatic N) is 3. The molecular formula is C15H14FN5O2S. The number of aromatic nitrogens is 4. The minimum Gasteiger partial charge on any atom is -0.325 e. The molecule has 2 heterocycles. The quantitative estimate of drug-likeness (QED) is 0.687. The van der Waals surface area contributed by atoms with E-state index in [0.29, 0.717) is 23.0 Å². The highest BCUT2D eigenvalue weighted by Gasteiger charge is 2.13. The first kappa shape index (κ1) is 16.2. The molecule has 0 aliphatic heterocycles. The third-order valence-corrected chi connectivity index (χ3v) is 4.20. The number of carbonyl (C=O) groups is 1. The number of amides is 1. The van der Waals surface area contributed by atoms with E-state index in [1.807, 2.05) is 6.92 Å². The van der Waals surface area contributed by atoms with Gasteiger partial charge in [0.05, 0.1) is 5.75 Å². The van der Waals surface area contributed by atoms with Gasteiger partial charge in [0.2, 0.25) is 11.7 Å². The molecule has 3 rings (SSSR count). The SMILES string of the molecule is CCc1cc(=O)[nH]c2nnc(SCC(=O)Nc3ccc(F)cc3)n12. The van der Waals surface area contributed by atoms with Crippen LogP contribution in [0.1, 0.15) is 12.6 Å². The molecule has 0 aliphatic rings. The van der Waals surface area contributed by atoms with E-state index in [2.05, 4.69) is 20.5 Å². The van der Waals surface area contributed by atoms with Crippen molar-refractivity contribution in [2.75, 3.05) is 11.1 Å². The Labute approximate surface area is 140 Å². The maximum absolute atomic E-state index is 12.8. The highest BCUT2D eigenvalue weighted by atomic mass is 32.2. The number of fused-ring (bicyclic) bond motifs is 1. The molecule has 0 radical (unpaired) electrons. The van der Waals surface area contributed by atoms with Crippen molar-refractivity contribution >= 4 is 29.1 Å². The van der Waals surface area contributed by atoms with E-state index in [9.17, 15) is 14.0 Å². The molecule has 9 heteroatoms. The van der Waals surface area contributed by atoms with Crippen LogP contribution in [0.25, 0.3) is 5.78 Å². The van der Waals surface area contributed by atoms with Crippen molar-refractivity contribution in [1.82, 2.24) is 19.6 Å². The summed E-state index contributed by atoms with van der Waals surface area (Å²) in [6, 6.07) is 7.02. The second-order valence-corrected chi connectivity index (χ2v) is 5.91. The number of anilines is 1. The minimum absolute atomic E-state index is 0.112. The molecule has 0 unspecified atom stereocenters. The van der Waals surface area contributed by atoms with Gasteiger partial charge < -0.3 is 5.32 Å². The van der Waals surface area contributed by atoms with Crippen molar-refractivity contribution in [1.29, 1.82) is 0 Å². The molecule has 3 aromatic rings. The number of nitrogens with one attached hydrogen (secondary N) is 2. The number of thioether (sulfide) groups is 1. The van der Waals surface area contributed by atoms with Gasteiger partial charge in [-0.15, -0.1) is 10.2 Å². The Morgan fingerprint density at radius 2 is 2.08 bits per heavy atom. The maximum Gasteiger partial charge on any atom is 0.252 e. The monoisotopic (exact) mass is 347 g/mol. The summed E-state index contributed by atoms with van der Waals surface area (Å²) >= 11 is 1.20. The average molecular weight is 347 g/mol. The minimum atomic E-state index is -0.363. The van der Waals surface area contributed by atoms with Crippen LogP contribution >= 0.6 is 11.8 Å². The van der Waals surface area contributed by atoms with Crippen LogP contribution in [0.15, 0.2) is 40.3 Å². The summed E-state index contributed by atoms with van der Waals surface area (Å²) in [6.45, 7) is 1.92. The van der Waals surface area contributed by atoms with E-state index >= 15 is 0 Å². The third-order valence-electron chi connectivity index (χ3n) is 3.28. The Bertz CT molecular complexity index is 935. The molecule has 1 aromatic carbocycles. The zero-order valence-electron chi connectivity index (χ0n) is 12.7. The first-order valence-corrected chi connectivity index (χ1v) is 8.21. The lowest BCUT2D eigenvalue weighted by Gasteiger charge is -2.06. The van der Waals surface area contributed by atoms with Crippen molar-refractivity contribution < 1.29 is 9.18 Å². The lowest BCUT2D eigenvalue weighted by Crippen LogP contribution is -2.15. The molecule has 2 aromatic heterocycles. The molecule has 0 saturated carbocycles. The number of H-pyrrole nitrogens is 1. The van der Waals surface area contributed by atoms with Gasteiger partial charge in [0.25, 0.3) is 5.56 Å². The van der Waals surface area contributed by atoms with E-state index in [4.69, 9.17) is 0 Å². The Kier molecular flexibility index (Phi) is 4.61. The molecule has 0 aliphatic carbocycles. The van der Waals surface area contributed by atoms with E-state index in [-0.39, 0.29) is 23.0 Å². The Hall–Kier alpha value is -2.68. The number of hydrogen-bond donors (Lipinski definition) is 2. The van der Waals surface area contributed by atoms with Gasteiger partial charge in [-0.3, -0.25) is 19.0 Å². The fourth-order valence-electron chi connectivity index (χ4n) is 2.19. The lowest BCUT2D eigenvalue weighted by atomic mass is 10.3. The largest absolute Gasteiger partial charge is 0.325 e. The van der Waals surface area contributed by atoms with E-state index < -0.39 is 0 Å². The van der Waals surface area contributed by atoms with Crippen molar-refractivity contribution in [2.24, 2.45) is 0 Å². The van der Waals surface area contributed by atoms with Crippen LogP contribution in [-0.2, 0) is 11.2 Å². The predicted octanol–water partition coefficient (Wildman–Crippen LogP) is 1.85. The molecule has 0 bridgehead atoms. The normalized spacial score (nSPS) is 10.9. The van der Waals surface area contributed by atoms with Crippen molar-refractivity contribution in [3.8, 4) is 0 Å².